The molecule has 0 aliphatic carbocycles. The highest BCUT2D eigenvalue weighted by molar-refractivity contribution is 5.99. The number of benzene rings is 1. The van der Waals surface area contributed by atoms with Gasteiger partial charge < -0.3 is 21.0 Å². The first-order chi connectivity index (χ1) is 8.12. The smallest absolute Gasteiger partial charge is 0.224 e. The van der Waals surface area contributed by atoms with E-state index in [1.54, 1.807) is 25.1 Å². The quantitative estimate of drug-likeness (QED) is 0.316. The SMILES string of the molecule is CCC(=O)Nc1ccc(/C(N)=N/O)cc1OC. The van der Waals surface area contributed by atoms with Gasteiger partial charge in [0, 0.05) is 12.0 Å². The molecule has 0 aliphatic heterocycles. The van der Waals surface area contributed by atoms with E-state index in [2.05, 4.69) is 10.5 Å². The van der Waals surface area contributed by atoms with Crippen LogP contribution in [0.2, 0.25) is 0 Å². The van der Waals surface area contributed by atoms with Crippen LogP contribution in [-0.2, 0) is 4.79 Å². The lowest BCUT2D eigenvalue weighted by atomic mass is 10.1. The maximum absolute atomic E-state index is 11.3. The average Bonchev–Trinajstić information content (AvgIpc) is 2.37. The zero-order valence-electron chi connectivity index (χ0n) is 9.73. The molecule has 1 amide bonds. The Morgan fingerprint density at radius 3 is 2.82 bits per heavy atom. The summed E-state index contributed by atoms with van der Waals surface area (Å²) in [6.07, 6.45) is 0.380. The van der Waals surface area contributed by atoms with Crippen molar-refractivity contribution in [3.63, 3.8) is 0 Å². The van der Waals surface area contributed by atoms with Crippen LogP contribution >= 0.6 is 0 Å². The van der Waals surface area contributed by atoms with Crippen molar-refractivity contribution >= 4 is 17.4 Å². The van der Waals surface area contributed by atoms with Gasteiger partial charge >= 0.3 is 0 Å². The second-order valence-electron chi connectivity index (χ2n) is 3.30. The third-order valence-electron chi connectivity index (χ3n) is 2.20. The number of rotatable bonds is 4. The number of nitrogens with two attached hydrogens (primary N) is 1. The maximum atomic E-state index is 11.3. The predicted molar refractivity (Wildman–Crippen MR) is 64.4 cm³/mol. The van der Waals surface area contributed by atoms with Crippen molar-refractivity contribution in [3.8, 4) is 5.75 Å². The van der Waals surface area contributed by atoms with E-state index in [0.29, 0.717) is 23.4 Å². The van der Waals surface area contributed by atoms with Crippen LogP contribution in [0.4, 0.5) is 5.69 Å². The maximum Gasteiger partial charge on any atom is 0.224 e. The van der Waals surface area contributed by atoms with Gasteiger partial charge in [0.05, 0.1) is 12.8 Å². The van der Waals surface area contributed by atoms with Crippen LogP contribution in [0.15, 0.2) is 23.4 Å². The molecule has 92 valence electrons. The van der Waals surface area contributed by atoms with Crippen molar-refractivity contribution in [2.45, 2.75) is 13.3 Å². The molecule has 0 aromatic heterocycles. The van der Waals surface area contributed by atoms with Gasteiger partial charge in [0.1, 0.15) is 5.75 Å². The average molecular weight is 237 g/mol. The number of oxime groups is 1. The fourth-order valence-corrected chi connectivity index (χ4v) is 1.25. The molecule has 0 fully saturated rings. The van der Waals surface area contributed by atoms with Crippen LogP contribution in [0.25, 0.3) is 0 Å². The Labute approximate surface area is 99.1 Å². The van der Waals surface area contributed by atoms with E-state index in [0.717, 1.165) is 0 Å². The summed E-state index contributed by atoms with van der Waals surface area (Å²) in [7, 11) is 1.48. The third kappa shape index (κ3) is 3.10. The number of hydrogen-bond donors (Lipinski definition) is 3. The summed E-state index contributed by atoms with van der Waals surface area (Å²) in [6, 6.07) is 4.85. The van der Waals surface area contributed by atoms with Gasteiger partial charge in [-0.25, -0.2) is 0 Å². The van der Waals surface area contributed by atoms with Crippen molar-refractivity contribution in [1.82, 2.24) is 0 Å². The Morgan fingerprint density at radius 1 is 1.59 bits per heavy atom. The van der Waals surface area contributed by atoms with E-state index in [1.165, 1.54) is 7.11 Å². The second-order valence-corrected chi connectivity index (χ2v) is 3.30. The monoisotopic (exact) mass is 237 g/mol. The van der Waals surface area contributed by atoms with Gasteiger partial charge in [0.25, 0.3) is 0 Å². The molecule has 0 aliphatic rings. The normalized spacial score (nSPS) is 11.1. The molecule has 0 bridgehead atoms. The number of amidine groups is 1. The number of ether oxygens (including phenoxy) is 1. The minimum Gasteiger partial charge on any atom is -0.495 e. The zero-order valence-corrected chi connectivity index (χ0v) is 9.73. The first-order valence-electron chi connectivity index (χ1n) is 5.08. The number of amides is 1. The van der Waals surface area contributed by atoms with Crippen molar-refractivity contribution in [3.05, 3.63) is 23.8 Å². The molecule has 17 heavy (non-hydrogen) atoms. The second kappa shape index (κ2) is 5.74. The van der Waals surface area contributed by atoms with Crippen LogP contribution in [-0.4, -0.2) is 24.1 Å². The van der Waals surface area contributed by atoms with E-state index in [1.807, 2.05) is 0 Å². The first kappa shape index (κ1) is 12.8. The van der Waals surface area contributed by atoms with Crippen molar-refractivity contribution < 1.29 is 14.7 Å². The lowest BCUT2D eigenvalue weighted by molar-refractivity contribution is -0.115. The van der Waals surface area contributed by atoms with Gasteiger partial charge in [-0.1, -0.05) is 12.1 Å². The number of anilines is 1. The number of nitrogens with one attached hydrogen (secondary N) is 1. The molecule has 1 aromatic carbocycles. The molecule has 4 N–H and O–H groups in total. The molecule has 0 radical (unpaired) electrons. The third-order valence-corrected chi connectivity index (χ3v) is 2.20. The van der Waals surface area contributed by atoms with E-state index in [-0.39, 0.29) is 11.7 Å². The Hall–Kier alpha value is -2.24. The molecule has 6 heteroatoms. The largest absolute Gasteiger partial charge is 0.495 e. The molecule has 1 rings (SSSR count). The number of hydrogen-bond acceptors (Lipinski definition) is 4. The predicted octanol–water partition coefficient (Wildman–Crippen LogP) is 1.14. The van der Waals surface area contributed by atoms with Crippen LogP contribution in [0.1, 0.15) is 18.9 Å². The zero-order chi connectivity index (χ0) is 12.8. The summed E-state index contributed by atoms with van der Waals surface area (Å²) in [5, 5.41) is 14.1. The topological polar surface area (TPSA) is 96.9 Å². The summed E-state index contributed by atoms with van der Waals surface area (Å²) < 4.78 is 5.12. The number of methoxy groups -OCH3 is 1. The highest BCUT2D eigenvalue weighted by Gasteiger charge is 2.08. The van der Waals surface area contributed by atoms with Crippen LogP contribution < -0.4 is 15.8 Å². The van der Waals surface area contributed by atoms with Gasteiger partial charge in [-0.15, -0.1) is 0 Å². The molecule has 0 saturated carbocycles. The van der Waals surface area contributed by atoms with Crippen LogP contribution in [0, 0.1) is 0 Å². The highest BCUT2D eigenvalue weighted by Crippen LogP contribution is 2.25. The molecule has 0 spiro atoms. The summed E-state index contributed by atoms with van der Waals surface area (Å²) in [6.45, 7) is 1.76. The van der Waals surface area contributed by atoms with E-state index in [4.69, 9.17) is 15.7 Å². The molecule has 6 nitrogen and oxygen atoms in total. The Kier molecular flexibility index (Phi) is 4.33. The standard InChI is InChI=1S/C11H15N3O3/c1-3-10(15)13-8-5-4-7(11(12)14-16)6-9(8)17-2/h4-6,16H,3H2,1-2H3,(H2,12,14)(H,13,15). The van der Waals surface area contributed by atoms with Gasteiger partial charge in [0.2, 0.25) is 5.91 Å². The number of carbonyl (C=O) groups is 1. The molecule has 0 saturated heterocycles. The lowest BCUT2D eigenvalue weighted by Crippen LogP contribution is -2.14. The van der Waals surface area contributed by atoms with Gasteiger partial charge in [0.15, 0.2) is 5.84 Å². The van der Waals surface area contributed by atoms with Crippen molar-refractivity contribution in [2.75, 3.05) is 12.4 Å². The van der Waals surface area contributed by atoms with Crippen LogP contribution in [0.5, 0.6) is 5.75 Å². The fourth-order valence-electron chi connectivity index (χ4n) is 1.25. The minimum atomic E-state index is -0.111. The summed E-state index contributed by atoms with van der Waals surface area (Å²) in [5.74, 6) is 0.326. The van der Waals surface area contributed by atoms with Crippen molar-refractivity contribution in [1.29, 1.82) is 0 Å². The summed E-state index contributed by atoms with van der Waals surface area (Å²) >= 11 is 0. The minimum absolute atomic E-state index is 0.0170. The van der Waals surface area contributed by atoms with Crippen LogP contribution in [0.3, 0.4) is 0 Å². The molecule has 1 aromatic rings. The Bertz CT molecular complexity index is 444. The van der Waals surface area contributed by atoms with Gasteiger partial charge in [-0.2, -0.15) is 0 Å². The van der Waals surface area contributed by atoms with Gasteiger partial charge in [-0.3, -0.25) is 4.79 Å². The fraction of sp³-hybridized carbons (Fsp3) is 0.273. The summed E-state index contributed by atoms with van der Waals surface area (Å²) in [4.78, 5) is 11.3. The molecule has 0 atom stereocenters. The number of nitrogens with zero attached hydrogens (tertiary/aromatic N) is 1. The molecule has 0 heterocycles. The Balaban J connectivity index is 3.05. The van der Waals surface area contributed by atoms with E-state index in [9.17, 15) is 4.79 Å². The highest BCUT2D eigenvalue weighted by atomic mass is 16.5. The summed E-state index contributed by atoms with van der Waals surface area (Å²) in [5.41, 5.74) is 6.52. The van der Waals surface area contributed by atoms with Gasteiger partial charge in [-0.05, 0) is 18.2 Å². The van der Waals surface area contributed by atoms with E-state index >= 15 is 0 Å². The van der Waals surface area contributed by atoms with E-state index < -0.39 is 0 Å². The number of carbonyl (C=O) groups excluding carboxylic acids is 1. The molecular weight excluding hydrogens is 222 g/mol. The Morgan fingerprint density at radius 2 is 2.29 bits per heavy atom. The lowest BCUT2D eigenvalue weighted by Gasteiger charge is -2.10. The molecule has 0 unspecified atom stereocenters. The van der Waals surface area contributed by atoms with Crippen molar-refractivity contribution in [2.24, 2.45) is 10.9 Å². The first-order valence-corrected chi connectivity index (χ1v) is 5.08. The molecular formula is C11H15N3O3.